The molecule has 0 spiro atoms. The first-order valence-corrected chi connectivity index (χ1v) is 7.38. The van der Waals surface area contributed by atoms with E-state index in [1.165, 1.54) is 39.0 Å². The van der Waals surface area contributed by atoms with E-state index in [2.05, 4.69) is 6.92 Å². The molecule has 1 atom stereocenters. The van der Waals surface area contributed by atoms with E-state index in [0.29, 0.717) is 18.6 Å². The van der Waals surface area contributed by atoms with E-state index in [-0.39, 0.29) is 5.78 Å². The summed E-state index contributed by atoms with van der Waals surface area (Å²) in [4.78, 5) is 11.3. The maximum absolute atomic E-state index is 11.3. The van der Waals surface area contributed by atoms with E-state index >= 15 is 0 Å². The van der Waals surface area contributed by atoms with Gasteiger partial charge in [0.1, 0.15) is 5.76 Å². The Bertz CT molecular complexity index is 342. The third-order valence-corrected chi connectivity index (χ3v) is 3.37. The number of Topliss-reactive ketones (excluding diaryl/α,β-unsaturated/α-hetero) is 1. The Balaban J connectivity index is 2.21. The van der Waals surface area contributed by atoms with Crippen molar-refractivity contribution in [2.75, 3.05) is 6.61 Å². The quantitative estimate of drug-likeness (QED) is 0.649. The minimum absolute atomic E-state index is 0.0822. The molecule has 19 heavy (non-hydrogen) atoms. The summed E-state index contributed by atoms with van der Waals surface area (Å²) in [6, 6.07) is 0. The van der Waals surface area contributed by atoms with Crippen molar-refractivity contribution >= 4 is 5.78 Å². The van der Waals surface area contributed by atoms with Crippen molar-refractivity contribution in [1.82, 2.24) is 0 Å². The Labute approximate surface area is 116 Å². The topological polar surface area (TPSA) is 46.5 Å². The molecular weight excluding hydrogens is 240 g/mol. The van der Waals surface area contributed by atoms with E-state index in [1.54, 1.807) is 6.08 Å². The Hall–Kier alpha value is -1.09. The number of aliphatic hydroxyl groups is 1. The highest BCUT2D eigenvalue weighted by Gasteiger charge is 2.19. The van der Waals surface area contributed by atoms with Gasteiger partial charge < -0.3 is 9.84 Å². The van der Waals surface area contributed by atoms with Crippen LogP contribution < -0.4 is 0 Å². The molecule has 1 aliphatic carbocycles. The number of hydrogen-bond acceptors (Lipinski definition) is 3. The zero-order valence-electron chi connectivity index (χ0n) is 12.2. The van der Waals surface area contributed by atoms with Crippen molar-refractivity contribution in [2.24, 2.45) is 0 Å². The number of unbranched alkanes of at least 4 members (excludes halogenated alkanes) is 5. The second-order valence-electron chi connectivity index (χ2n) is 5.13. The average molecular weight is 266 g/mol. The van der Waals surface area contributed by atoms with Crippen LogP contribution in [0.15, 0.2) is 23.5 Å². The van der Waals surface area contributed by atoms with Gasteiger partial charge in [0.25, 0.3) is 0 Å². The lowest BCUT2D eigenvalue weighted by molar-refractivity contribution is -0.114. The van der Waals surface area contributed by atoms with Crippen LogP contribution in [0.5, 0.6) is 0 Å². The maximum Gasteiger partial charge on any atom is 0.158 e. The van der Waals surface area contributed by atoms with Gasteiger partial charge in [-0.1, -0.05) is 39.0 Å². The summed E-state index contributed by atoms with van der Waals surface area (Å²) in [5.41, 5.74) is 0.459. The molecule has 0 aromatic carbocycles. The van der Waals surface area contributed by atoms with Crippen LogP contribution in [0.4, 0.5) is 0 Å². The van der Waals surface area contributed by atoms with Gasteiger partial charge in [-0.05, 0) is 31.9 Å². The minimum atomic E-state index is -0.668. The van der Waals surface area contributed by atoms with E-state index in [1.807, 2.05) is 6.08 Å². The average Bonchev–Trinajstić information content (AvgIpc) is 2.39. The highest BCUT2D eigenvalue weighted by molar-refractivity contribution is 5.94. The predicted octanol–water partition coefficient (Wildman–Crippen LogP) is 3.53. The van der Waals surface area contributed by atoms with Crippen LogP contribution >= 0.6 is 0 Å². The Morgan fingerprint density at radius 1 is 1.32 bits per heavy atom. The fourth-order valence-electron chi connectivity index (χ4n) is 2.17. The van der Waals surface area contributed by atoms with Gasteiger partial charge >= 0.3 is 0 Å². The predicted molar refractivity (Wildman–Crippen MR) is 76.8 cm³/mol. The molecule has 3 heteroatoms. The molecule has 0 saturated heterocycles. The zero-order valence-corrected chi connectivity index (χ0v) is 12.2. The molecule has 0 radical (unpaired) electrons. The molecular formula is C16H26O3. The van der Waals surface area contributed by atoms with E-state index in [0.717, 1.165) is 12.2 Å². The third kappa shape index (κ3) is 6.06. The Morgan fingerprint density at radius 3 is 2.68 bits per heavy atom. The number of hydrogen-bond donors (Lipinski definition) is 1. The van der Waals surface area contributed by atoms with Gasteiger partial charge in [-0.2, -0.15) is 0 Å². The van der Waals surface area contributed by atoms with Crippen molar-refractivity contribution in [3.8, 4) is 0 Å². The molecule has 108 valence electrons. The first-order chi connectivity index (χ1) is 9.15. The van der Waals surface area contributed by atoms with E-state index in [9.17, 15) is 9.90 Å². The first-order valence-electron chi connectivity index (χ1n) is 7.38. The largest absolute Gasteiger partial charge is 0.494 e. The van der Waals surface area contributed by atoms with Crippen LogP contribution in [-0.4, -0.2) is 23.6 Å². The van der Waals surface area contributed by atoms with Crippen LogP contribution in [0, 0.1) is 0 Å². The van der Waals surface area contributed by atoms with Crippen LogP contribution in [0.25, 0.3) is 0 Å². The number of carbonyl (C=O) groups is 1. The number of rotatable bonds is 9. The molecule has 0 aromatic rings. The lowest BCUT2D eigenvalue weighted by atomic mass is 9.98. The fraction of sp³-hybridized carbons (Fsp3) is 0.688. The van der Waals surface area contributed by atoms with Crippen LogP contribution in [0.3, 0.4) is 0 Å². The monoisotopic (exact) mass is 266 g/mol. The second-order valence-corrected chi connectivity index (χ2v) is 5.13. The second kappa shape index (κ2) is 8.92. The zero-order chi connectivity index (χ0) is 14.1. The van der Waals surface area contributed by atoms with Gasteiger partial charge in [-0.25, -0.2) is 0 Å². The normalized spacial score (nSPS) is 18.8. The summed E-state index contributed by atoms with van der Waals surface area (Å²) in [6.45, 7) is 4.38. The maximum atomic E-state index is 11.3. The Kier molecular flexibility index (Phi) is 7.49. The third-order valence-electron chi connectivity index (χ3n) is 3.37. The summed E-state index contributed by atoms with van der Waals surface area (Å²) >= 11 is 0. The lowest BCUT2D eigenvalue weighted by Crippen LogP contribution is -2.19. The summed E-state index contributed by atoms with van der Waals surface area (Å²) in [6.07, 6.45) is 10.7. The van der Waals surface area contributed by atoms with Crippen molar-refractivity contribution in [2.45, 2.75) is 64.9 Å². The van der Waals surface area contributed by atoms with Gasteiger partial charge in [0.15, 0.2) is 5.78 Å². The molecule has 0 amide bonds. The smallest absolute Gasteiger partial charge is 0.158 e. The Morgan fingerprint density at radius 2 is 2.00 bits per heavy atom. The molecule has 0 fully saturated rings. The minimum Gasteiger partial charge on any atom is -0.494 e. The number of ether oxygens (including phenoxy) is 1. The summed E-state index contributed by atoms with van der Waals surface area (Å²) in [5, 5.41) is 9.66. The molecule has 1 N–H and O–H groups in total. The molecule has 3 nitrogen and oxygen atoms in total. The molecule has 1 unspecified atom stereocenters. The molecule has 0 aromatic heterocycles. The molecule has 1 rings (SSSR count). The lowest BCUT2D eigenvalue weighted by Gasteiger charge is -2.18. The van der Waals surface area contributed by atoms with E-state index < -0.39 is 6.10 Å². The van der Waals surface area contributed by atoms with Gasteiger partial charge in [-0.15, -0.1) is 0 Å². The number of aliphatic hydroxyl groups excluding tert-OH is 1. The van der Waals surface area contributed by atoms with Crippen molar-refractivity contribution < 1.29 is 14.6 Å². The van der Waals surface area contributed by atoms with Crippen LogP contribution in [0.2, 0.25) is 0 Å². The molecule has 0 saturated carbocycles. The van der Waals surface area contributed by atoms with Crippen molar-refractivity contribution in [3.05, 3.63) is 23.5 Å². The summed E-state index contributed by atoms with van der Waals surface area (Å²) in [5.74, 6) is 0.644. The standard InChI is InChI=1S/C16H26O3/c1-3-4-5-6-7-8-11-19-14-9-10-16(18)15(12-14)13(2)17/h9,12,16,18H,3-8,10-11H2,1-2H3. The fourth-order valence-corrected chi connectivity index (χ4v) is 2.17. The van der Waals surface area contributed by atoms with Crippen molar-refractivity contribution in [3.63, 3.8) is 0 Å². The van der Waals surface area contributed by atoms with Crippen LogP contribution in [-0.2, 0) is 9.53 Å². The van der Waals surface area contributed by atoms with Gasteiger partial charge in [-0.3, -0.25) is 4.79 Å². The summed E-state index contributed by atoms with van der Waals surface area (Å²) < 4.78 is 5.64. The highest BCUT2D eigenvalue weighted by atomic mass is 16.5. The molecule has 0 heterocycles. The number of ketones is 1. The SMILES string of the molecule is CCCCCCCCOC1=CCC(O)C(C(C)=O)=C1. The molecule has 1 aliphatic rings. The highest BCUT2D eigenvalue weighted by Crippen LogP contribution is 2.20. The molecule has 0 bridgehead atoms. The van der Waals surface area contributed by atoms with Gasteiger partial charge in [0.2, 0.25) is 0 Å². The van der Waals surface area contributed by atoms with Gasteiger partial charge in [0.05, 0.1) is 12.7 Å². The number of allylic oxidation sites excluding steroid dienone is 1. The van der Waals surface area contributed by atoms with Crippen molar-refractivity contribution in [1.29, 1.82) is 0 Å². The van der Waals surface area contributed by atoms with Crippen LogP contribution in [0.1, 0.15) is 58.8 Å². The summed E-state index contributed by atoms with van der Waals surface area (Å²) in [7, 11) is 0. The van der Waals surface area contributed by atoms with E-state index in [4.69, 9.17) is 4.74 Å². The molecule has 0 aliphatic heterocycles. The number of carbonyl (C=O) groups excluding carboxylic acids is 1. The van der Waals surface area contributed by atoms with Gasteiger partial charge in [0, 0.05) is 5.57 Å². The first kappa shape index (κ1) is 16.0.